The molecular formula is C15H20BF2NO2. The molecule has 1 saturated heterocycles. The zero-order valence-corrected chi connectivity index (χ0v) is 12.8. The van der Waals surface area contributed by atoms with Crippen molar-refractivity contribution >= 4 is 7.12 Å². The lowest BCUT2D eigenvalue weighted by molar-refractivity contribution is 0.00578. The van der Waals surface area contributed by atoms with E-state index in [0.29, 0.717) is 0 Å². The molecule has 0 unspecified atom stereocenters. The molecule has 2 fully saturated rings. The van der Waals surface area contributed by atoms with Gasteiger partial charge in [0.1, 0.15) is 0 Å². The lowest BCUT2D eigenvalue weighted by Gasteiger charge is -2.32. The van der Waals surface area contributed by atoms with Crippen molar-refractivity contribution in [2.24, 2.45) is 0 Å². The van der Waals surface area contributed by atoms with E-state index in [2.05, 4.69) is 4.98 Å². The van der Waals surface area contributed by atoms with Crippen LogP contribution in [0.25, 0.3) is 0 Å². The molecule has 2 aliphatic rings. The molecule has 1 saturated carbocycles. The molecule has 1 aromatic heterocycles. The van der Waals surface area contributed by atoms with Crippen LogP contribution in [0.5, 0.6) is 0 Å². The predicted molar refractivity (Wildman–Crippen MR) is 76.4 cm³/mol. The maximum atomic E-state index is 12.5. The Morgan fingerprint density at radius 2 is 1.81 bits per heavy atom. The largest absolute Gasteiger partial charge is 0.461 e. The second kappa shape index (κ2) is 4.75. The Kier molecular flexibility index (Phi) is 3.37. The second-order valence-corrected chi connectivity index (χ2v) is 6.95. The fourth-order valence-electron chi connectivity index (χ4n) is 2.68. The number of pyridine rings is 1. The fourth-order valence-corrected chi connectivity index (χ4v) is 2.68. The van der Waals surface area contributed by atoms with Crippen molar-refractivity contribution in [1.29, 1.82) is 0 Å². The van der Waals surface area contributed by atoms with Gasteiger partial charge in [0.05, 0.1) is 11.2 Å². The first kappa shape index (κ1) is 14.9. The maximum Gasteiger partial charge on any atom is 0.461 e. The Hall–Kier alpha value is -1.01. The number of nitrogens with zero attached hydrogens (tertiary/aromatic N) is 1. The van der Waals surface area contributed by atoms with E-state index in [0.717, 1.165) is 12.1 Å². The minimum Gasteiger partial charge on any atom is -0.403 e. The van der Waals surface area contributed by atoms with Gasteiger partial charge in [0, 0.05) is 29.2 Å². The fraction of sp³-hybridized carbons (Fsp3) is 0.667. The average molecular weight is 295 g/mol. The molecule has 0 N–H and O–H groups in total. The standard InChI is InChI=1S/C15H20BF2NO2/c1-14(2)15(3,4)21-16(20-14)11-7-10(11)12-6-5-9(8-19-12)13(17)18/h5-6,8,10-11,13H,7H2,1-4H3/t10-,11-/m0/s1. The topological polar surface area (TPSA) is 31.4 Å². The number of aromatic nitrogens is 1. The van der Waals surface area contributed by atoms with E-state index < -0.39 is 6.43 Å². The van der Waals surface area contributed by atoms with Crippen LogP contribution in [-0.2, 0) is 9.31 Å². The van der Waals surface area contributed by atoms with Crippen molar-refractivity contribution in [3.63, 3.8) is 0 Å². The summed E-state index contributed by atoms with van der Waals surface area (Å²) < 4.78 is 37.1. The van der Waals surface area contributed by atoms with Crippen LogP contribution < -0.4 is 0 Å². The molecule has 3 rings (SSSR count). The third-order valence-corrected chi connectivity index (χ3v) is 4.90. The van der Waals surface area contributed by atoms with Gasteiger partial charge in [-0.2, -0.15) is 0 Å². The third-order valence-electron chi connectivity index (χ3n) is 4.90. The molecule has 0 amide bonds. The van der Waals surface area contributed by atoms with Crippen LogP contribution in [0.4, 0.5) is 8.78 Å². The number of halogens is 2. The van der Waals surface area contributed by atoms with Crippen molar-refractivity contribution in [2.45, 2.75) is 63.5 Å². The molecule has 0 aromatic carbocycles. The Bertz CT molecular complexity index is 517. The zero-order chi connectivity index (χ0) is 15.4. The monoisotopic (exact) mass is 295 g/mol. The summed E-state index contributed by atoms with van der Waals surface area (Å²) in [5.74, 6) is 0.502. The van der Waals surface area contributed by atoms with Crippen LogP contribution in [0.15, 0.2) is 18.3 Å². The molecule has 0 radical (unpaired) electrons. The summed E-state index contributed by atoms with van der Waals surface area (Å²) in [5.41, 5.74) is 0.140. The van der Waals surface area contributed by atoms with Gasteiger partial charge < -0.3 is 9.31 Å². The maximum absolute atomic E-state index is 12.5. The molecule has 0 bridgehead atoms. The van der Waals surface area contributed by atoms with E-state index in [1.807, 2.05) is 27.7 Å². The van der Waals surface area contributed by atoms with Crippen LogP contribution >= 0.6 is 0 Å². The highest BCUT2D eigenvalue weighted by atomic mass is 19.3. The van der Waals surface area contributed by atoms with Crippen molar-refractivity contribution in [3.05, 3.63) is 29.6 Å². The SMILES string of the molecule is CC1(C)OB([C@H]2C[C@@H]2c2ccc(C(F)F)cn2)OC1(C)C. The van der Waals surface area contributed by atoms with Gasteiger partial charge in [-0.05, 0) is 46.2 Å². The second-order valence-electron chi connectivity index (χ2n) is 6.95. The van der Waals surface area contributed by atoms with Crippen molar-refractivity contribution < 1.29 is 18.1 Å². The van der Waals surface area contributed by atoms with E-state index >= 15 is 0 Å². The van der Waals surface area contributed by atoms with Gasteiger partial charge in [-0.3, -0.25) is 4.98 Å². The van der Waals surface area contributed by atoms with Gasteiger partial charge in [0.15, 0.2) is 0 Å². The smallest absolute Gasteiger partial charge is 0.403 e. The Balaban J connectivity index is 1.67. The highest BCUT2D eigenvalue weighted by Gasteiger charge is 2.60. The summed E-state index contributed by atoms with van der Waals surface area (Å²) in [5, 5.41) is 0. The molecule has 1 aromatic rings. The van der Waals surface area contributed by atoms with Crippen LogP contribution in [0.1, 0.15) is 57.7 Å². The molecular weight excluding hydrogens is 275 g/mol. The number of hydrogen-bond acceptors (Lipinski definition) is 3. The molecule has 2 heterocycles. The van der Waals surface area contributed by atoms with Crippen molar-refractivity contribution in [1.82, 2.24) is 4.98 Å². The molecule has 21 heavy (non-hydrogen) atoms. The van der Waals surface area contributed by atoms with Gasteiger partial charge in [0.2, 0.25) is 0 Å². The first-order valence-electron chi connectivity index (χ1n) is 7.31. The quantitative estimate of drug-likeness (QED) is 0.791. The summed E-state index contributed by atoms with van der Waals surface area (Å²) in [6.07, 6.45) is -0.276. The first-order chi connectivity index (χ1) is 9.71. The van der Waals surface area contributed by atoms with Crippen LogP contribution in [0.2, 0.25) is 5.82 Å². The minimum absolute atomic E-state index is 0.0356. The highest BCUT2D eigenvalue weighted by Crippen LogP contribution is 2.57. The highest BCUT2D eigenvalue weighted by molar-refractivity contribution is 6.49. The van der Waals surface area contributed by atoms with E-state index in [1.54, 1.807) is 6.07 Å². The van der Waals surface area contributed by atoms with E-state index in [4.69, 9.17) is 9.31 Å². The Morgan fingerprint density at radius 3 is 2.29 bits per heavy atom. The van der Waals surface area contributed by atoms with E-state index in [-0.39, 0.29) is 35.6 Å². The Morgan fingerprint density at radius 1 is 1.19 bits per heavy atom. The molecule has 1 aliphatic heterocycles. The molecule has 2 atom stereocenters. The van der Waals surface area contributed by atoms with Gasteiger partial charge >= 0.3 is 7.12 Å². The van der Waals surface area contributed by atoms with E-state index in [9.17, 15) is 8.78 Å². The molecule has 0 spiro atoms. The number of rotatable bonds is 3. The number of alkyl halides is 2. The summed E-state index contributed by atoms with van der Waals surface area (Å²) in [6, 6.07) is 3.14. The summed E-state index contributed by atoms with van der Waals surface area (Å²) >= 11 is 0. The minimum atomic E-state index is -2.47. The molecule has 6 heteroatoms. The van der Waals surface area contributed by atoms with Gasteiger partial charge in [-0.25, -0.2) is 8.78 Å². The average Bonchev–Trinajstić information content (AvgIpc) is 3.13. The third kappa shape index (κ3) is 2.59. The molecule has 114 valence electrons. The first-order valence-corrected chi connectivity index (χ1v) is 7.31. The van der Waals surface area contributed by atoms with Gasteiger partial charge in [-0.15, -0.1) is 0 Å². The summed E-state index contributed by atoms with van der Waals surface area (Å²) in [6.45, 7) is 8.11. The van der Waals surface area contributed by atoms with E-state index in [1.165, 1.54) is 12.3 Å². The number of hydrogen-bond donors (Lipinski definition) is 0. The lowest BCUT2D eigenvalue weighted by atomic mass is 9.80. The summed E-state index contributed by atoms with van der Waals surface area (Å²) in [4.78, 5) is 4.17. The van der Waals surface area contributed by atoms with Crippen LogP contribution in [0, 0.1) is 0 Å². The zero-order valence-electron chi connectivity index (χ0n) is 12.8. The van der Waals surface area contributed by atoms with Gasteiger partial charge in [0.25, 0.3) is 6.43 Å². The summed E-state index contributed by atoms with van der Waals surface area (Å²) in [7, 11) is -0.239. The van der Waals surface area contributed by atoms with Gasteiger partial charge in [-0.1, -0.05) is 0 Å². The van der Waals surface area contributed by atoms with Crippen molar-refractivity contribution in [2.75, 3.05) is 0 Å². The molecule has 3 nitrogen and oxygen atoms in total. The Labute approximate surface area is 124 Å². The van der Waals surface area contributed by atoms with Crippen molar-refractivity contribution in [3.8, 4) is 0 Å². The van der Waals surface area contributed by atoms with Crippen LogP contribution in [-0.4, -0.2) is 23.3 Å². The predicted octanol–water partition coefficient (Wildman–Crippen LogP) is 3.97. The normalized spacial score (nSPS) is 30.0. The van der Waals surface area contributed by atoms with Crippen LogP contribution in [0.3, 0.4) is 0 Å². The molecule has 1 aliphatic carbocycles. The lowest BCUT2D eigenvalue weighted by Crippen LogP contribution is -2.41.